The van der Waals surface area contributed by atoms with Gasteiger partial charge in [0.25, 0.3) is 0 Å². The standard InChI is InChI=1S/C23H23N3O4S/c27-21-13-16(15-26(21)18-7-8-19-20(14-18)30-11-10-29-19)22(28)25-9-4-12-31-23(25)24-17-5-2-1-3-6-17/h1-3,5-8,14,16H,4,9-13,15H2. The topological polar surface area (TPSA) is 71.4 Å². The molecule has 0 bridgehead atoms. The molecule has 0 spiro atoms. The highest BCUT2D eigenvalue weighted by Crippen LogP contribution is 2.36. The van der Waals surface area contributed by atoms with Gasteiger partial charge in [0.1, 0.15) is 13.2 Å². The fourth-order valence-electron chi connectivity index (χ4n) is 4.01. The molecule has 0 radical (unpaired) electrons. The zero-order chi connectivity index (χ0) is 21.2. The Kier molecular flexibility index (Phi) is 5.55. The van der Waals surface area contributed by atoms with E-state index in [1.165, 1.54) is 0 Å². The first-order chi connectivity index (χ1) is 15.2. The molecule has 5 rings (SSSR count). The maximum atomic E-state index is 13.4. The van der Waals surface area contributed by atoms with Crippen molar-refractivity contribution >= 4 is 40.1 Å². The van der Waals surface area contributed by atoms with Crippen LogP contribution < -0.4 is 14.4 Å². The SMILES string of the molecule is O=C(C1CC(=O)N(c2ccc3c(c2)OCCO3)C1)N1CCCSC1=Nc1ccccc1. The smallest absolute Gasteiger partial charge is 0.233 e. The molecule has 31 heavy (non-hydrogen) atoms. The summed E-state index contributed by atoms with van der Waals surface area (Å²) in [7, 11) is 0. The highest BCUT2D eigenvalue weighted by atomic mass is 32.2. The van der Waals surface area contributed by atoms with Crippen LogP contribution in [0.2, 0.25) is 0 Å². The van der Waals surface area contributed by atoms with Crippen molar-refractivity contribution in [2.45, 2.75) is 12.8 Å². The number of benzene rings is 2. The van der Waals surface area contributed by atoms with Crippen LogP contribution in [0, 0.1) is 5.92 Å². The van der Waals surface area contributed by atoms with E-state index in [-0.39, 0.29) is 24.2 Å². The van der Waals surface area contributed by atoms with Crippen molar-refractivity contribution in [3.05, 3.63) is 48.5 Å². The van der Waals surface area contributed by atoms with Crippen molar-refractivity contribution < 1.29 is 19.1 Å². The maximum absolute atomic E-state index is 13.4. The Hall–Kier alpha value is -3.00. The Morgan fingerprint density at radius 1 is 1.06 bits per heavy atom. The number of fused-ring (bicyclic) bond motifs is 1. The number of ether oxygens (including phenoxy) is 2. The number of thioether (sulfide) groups is 1. The zero-order valence-corrected chi connectivity index (χ0v) is 17.8. The lowest BCUT2D eigenvalue weighted by molar-refractivity contribution is -0.132. The first-order valence-electron chi connectivity index (χ1n) is 10.5. The highest BCUT2D eigenvalue weighted by Gasteiger charge is 2.39. The number of hydrogen-bond donors (Lipinski definition) is 0. The molecule has 160 valence electrons. The Morgan fingerprint density at radius 2 is 1.87 bits per heavy atom. The minimum absolute atomic E-state index is 0.0322. The van der Waals surface area contributed by atoms with Gasteiger partial charge < -0.3 is 14.4 Å². The van der Waals surface area contributed by atoms with Gasteiger partial charge in [0.15, 0.2) is 16.7 Å². The van der Waals surface area contributed by atoms with E-state index in [9.17, 15) is 9.59 Å². The van der Waals surface area contributed by atoms with Gasteiger partial charge in [-0.25, -0.2) is 4.99 Å². The molecule has 3 heterocycles. The number of aliphatic imine (C=N–C) groups is 1. The summed E-state index contributed by atoms with van der Waals surface area (Å²) in [6.07, 6.45) is 1.11. The van der Waals surface area contributed by atoms with Crippen LogP contribution in [-0.4, -0.2) is 53.9 Å². The number of hydrogen-bond acceptors (Lipinski definition) is 6. The number of para-hydroxylation sites is 1. The number of carbonyl (C=O) groups excluding carboxylic acids is 2. The predicted molar refractivity (Wildman–Crippen MR) is 120 cm³/mol. The summed E-state index contributed by atoms with van der Waals surface area (Å²) in [6, 6.07) is 15.1. The van der Waals surface area contributed by atoms with Crippen LogP contribution in [0.5, 0.6) is 11.5 Å². The Balaban J connectivity index is 1.34. The van der Waals surface area contributed by atoms with Crippen molar-refractivity contribution in [2.24, 2.45) is 10.9 Å². The second kappa shape index (κ2) is 8.63. The van der Waals surface area contributed by atoms with Gasteiger partial charge in [-0.2, -0.15) is 0 Å². The second-order valence-electron chi connectivity index (χ2n) is 7.66. The molecule has 2 fully saturated rings. The van der Waals surface area contributed by atoms with Gasteiger partial charge in [0, 0.05) is 37.0 Å². The molecule has 3 aliphatic rings. The third kappa shape index (κ3) is 4.12. The van der Waals surface area contributed by atoms with E-state index in [4.69, 9.17) is 14.5 Å². The largest absolute Gasteiger partial charge is 0.486 e. The molecular formula is C23H23N3O4S. The Labute approximate surface area is 185 Å². The quantitative estimate of drug-likeness (QED) is 0.735. The summed E-state index contributed by atoms with van der Waals surface area (Å²) >= 11 is 1.59. The fraction of sp³-hybridized carbons (Fsp3) is 0.348. The van der Waals surface area contributed by atoms with Crippen LogP contribution in [-0.2, 0) is 9.59 Å². The first kappa shape index (κ1) is 19.9. The maximum Gasteiger partial charge on any atom is 0.233 e. The minimum atomic E-state index is -0.389. The molecule has 1 atom stereocenters. The molecule has 0 aromatic heterocycles. The lowest BCUT2D eigenvalue weighted by atomic mass is 10.1. The molecule has 2 saturated heterocycles. The van der Waals surface area contributed by atoms with Crippen LogP contribution >= 0.6 is 11.8 Å². The molecule has 3 aliphatic heterocycles. The van der Waals surface area contributed by atoms with Crippen molar-refractivity contribution in [1.82, 2.24) is 4.90 Å². The van der Waals surface area contributed by atoms with Crippen molar-refractivity contribution in [3.8, 4) is 11.5 Å². The number of amidine groups is 1. The van der Waals surface area contributed by atoms with Gasteiger partial charge in [-0.1, -0.05) is 30.0 Å². The van der Waals surface area contributed by atoms with Crippen LogP contribution in [0.4, 0.5) is 11.4 Å². The van der Waals surface area contributed by atoms with Gasteiger partial charge in [0.2, 0.25) is 11.8 Å². The van der Waals surface area contributed by atoms with Crippen LogP contribution in [0.1, 0.15) is 12.8 Å². The molecule has 0 aliphatic carbocycles. The summed E-state index contributed by atoms with van der Waals surface area (Å²) < 4.78 is 11.2. The van der Waals surface area contributed by atoms with Crippen LogP contribution in [0.25, 0.3) is 0 Å². The van der Waals surface area contributed by atoms with E-state index in [0.717, 1.165) is 23.5 Å². The summed E-state index contributed by atoms with van der Waals surface area (Å²) in [6.45, 7) is 2.00. The van der Waals surface area contributed by atoms with Crippen molar-refractivity contribution in [2.75, 3.05) is 37.0 Å². The molecule has 8 heteroatoms. The zero-order valence-electron chi connectivity index (χ0n) is 17.0. The van der Waals surface area contributed by atoms with Gasteiger partial charge in [-0.05, 0) is 30.7 Å². The molecule has 1 unspecified atom stereocenters. The lowest BCUT2D eigenvalue weighted by Gasteiger charge is -2.30. The van der Waals surface area contributed by atoms with Gasteiger partial charge in [0.05, 0.1) is 11.6 Å². The summed E-state index contributed by atoms with van der Waals surface area (Å²) in [5.41, 5.74) is 1.56. The second-order valence-corrected chi connectivity index (χ2v) is 8.72. The third-order valence-corrected chi connectivity index (χ3v) is 6.61. The Morgan fingerprint density at radius 3 is 2.71 bits per heavy atom. The van der Waals surface area contributed by atoms with E-state index in [1.807, 2.05) is 48.5 Å². The molecule has 0 N–H and O–H groups in total. The average molecular weight is 438 g/mol. The third-order valence-electron chi connectivity index (χ3n) is 5.55. The normalized spacial score (nSPS) is 22.1. The van der Waals surface area contributed by atoms with E-state index < -0.39 is 0 Å². The summed E-state index contributed by atoms with van der Waals surface area (Å²) in [5.74, 6) is 1.77. The summed E-state index contributed by atoms with van der Waals surface area (Å²) in [4.78, 5) is 34.2. The van der Waals surface area contributed by atoms with E-state index in [1.54, 1.807) is 21.6 Å². The predicted octanol–water partition coefficient (Wildman–Crippen LogP) is 3.46. The van der Waals surface area contributed by atoms with Crippen molar-refractivity contribution in [1.29, 1.82) is 0 Å². The van der Waals surface area contributed by atoms with E-state index in [0.29, 0.717) is 43.0 Å². The molecule has 7 nitrogen and oxygen atoms in total. The van der Waals surface area contributed by atoms with Crippen LogP contribution in [0.3, 0.4) is 0 Å². The number of carbonyl (C=O) groups is 2. The molecular weight excluding hydrogens is 414 g/mol. The highest BCUT2D eigenvalue weighted by molar-refractivity contribution is 8.13. The molecule has 0 saturated carbocycles. The first-order valence-corrected chi connectivity index (χ1v) is 11.5. The molecule has 2 amide bonds. The fourth-order valence-corrected chi connectivity index (χ4v) is 4.98. The number of amides is 2. The van der Waals surface area contributed by atoms with E-state index in [2.05, 4.69) is 0 Å². The van der Waals surface area contributed by atoms with E-state index >= 15 is 0 Å². The molecule has 2 aromatic rings. The monoisotopic (exact) mass is 437 g/mol. The number of rotatable bonds is 3. The van der Waals surface area contributed by atoms with Gasteiger partial charge in [-0.15, -0.1) is 0 Å². The Bertz CT molecular complexity index is 1030. The van der Waals surface area contributed by atoms with Gasteiger partial charge in [-0.3, -0.25) is 14.5 Å². The van der Waals surface area contributed by atoms with Gasteiger partial charge >= 0.3 is 0 Å². The lowest BCUT2D eigenvalue weighted by Crippen LogP contribution is -2.43. The number of nitrogens with zero attached hydrogens (tertiary/aromatic N) is 3. The molecule has 2 aromatic carbocycles. The van der Waals surface area contributed by atoms with Crippen molar-refractivity contribution in [3.63, 3.8) is 0 Å². The van der Waals surface area contributed by atoms with Crippen LogP contribution in [0.15, 0.2) is 53.5 Å². The number of anilines is 1. The average Bonchev–Trinajstić information content (AvgIpc) is 3.21. The summed E-state index contributed by atoms with van der Waals surface area (Å²) in [5, 5.41) is 0.715. The minimum Gasteiger partial charge on any atom is -0.486 e.